The van der Waals surface area contributed by atoms with Crippen molar-refractivity contribution in [1.29, 1.82) is 0 Å². The molecule has 1 aliphatic rings. The minimum absolute atomic E-state index is 0.832. The average Bonchev–Trinajstić information content (AvgIpc) is 2.13. The molecule has 0 aromatic heterocycles. The largest absolute Gasteiger partial charge is 0.0880 e. The van der Waals surface area contributed by atoms with E-state index >= 15 is 0 Å². The Kier molecular flexibility index (Phi) is 1.94. The van der Waals surface area contributed by atoms with E-state index in [9.17, 15) is 0 Å². The highest BCUT2D eigenvalue weighted by molar-refractivity contribution is 5.00. The van der Waals surface area contributed by atoms with Crippen LogP contribution in [0.5, 0.6) is 0 Å². The normalized spacial score (nSPS) is 34.2. The minimum atomic E-state index is 0.832. The highest BCUT2D eigenvalue weighted by Crippen LogP contribution is 2.30. The Hall–Kier alpha value is -0.260. The maximum Gasteiger partial charge on any atom is -0.0182 e. The minimum Gasteiger partial charge on any atom is -0.0880 e. The summed E-state index contributed by atoms with van der Waals surface area (Å²) < 4.78 is 0. The zero-order chi connectivity index (χ0) is 6.85. The van der Waals surface area contributed by atoms with E-state index in [-0.39, 0.29) is 0 Å². The van der Waals surface area contributed by atoms with Crippen LogP contribution in [0.25, 0.3) is 0 Å². The lowest BCUT2D eigenvalue weighted by Crippen LogP contribution is -2.10. The predicted molar refractivity (Wildman–Crippen MR) is 41.2 cm³/mol. The first kappa shape index (κ1) is 6.85. The van der Waals surface area contributed by atoms with Gasteiger partial charge in [-0.3, -0.25) is 0 Å². The molecule has 0 saturated heterocycles. The molecule has 9 heavy (non-hydrogen) atoms. The van der Waals surface area contributed by atoms with E-state index in [1.54, 1.807) is 0 Å². The molecule has 52 valence electrons. The van der Waals surface area contributed by atoms with E-state index in [0.717, 1.165) is 17.8 Å². The van der Waals surface area contributed by atoms with Gasteiger partial charge >= 0.3 is 0 Å². The molecular weight excluding hydrogens is 108 g/mol. The lowest BCUT2D eigenvalue weighted by Gasteiger charge is -2.17. The van der Waals surface area contributed by atoms with Gasteiger partial charge in [0, 0.05) is 0 Å². The molecule has 0 saturated carbocycles. The van der Waals surface area contributed by atoms with Crippen LogP contribution in [-0.2, 0) is 0 Å². The number of allylic oxidation sites excluding steroid dienone is 2. The molecule has 0 aromatic carbocycles. The van der Waals surface area contributed by atoms with Crippen molar-refractivity contribution in [3.63, 3.8) is 0 Å². The molecule has 0 N–H and O–H groups in total. The summed E-state index contributed by atoms with van der Waals surface area (Å²) in [6, 6.07) is 0. The third-order valence-electron chi connectivity index (χ3n) is 2.29. The lowest BCUT2D eigenvalue weighted by molar-refractivity contribution is 0.357. The van der Waals surface area contributed by atoms with E-state index in [0.29, 0.717) is 0 Å². The summed E-state index contributed by atoms with van der Waals surface area (Å²) in [5.74, 6) is 2.58. The number of hydrogen-bond donors (Lipinski definition) is 0. The topological polar surface area (TPSA) is 0 Å². The summed E-state index contributed by atoms with van der Waals surface area (Å²) in [6.45, 7) is 6.94. The third kappa shape index (κ3) is 1.35. The molecule has 1 rings (SSSR count). The molecule has 0 heteroatoms. The van der Waals surface area contributed by atoms with Crippen molar-refractivity contribution in [1.82, 2.24) is 0 Å². The Bertz CT molecular complexity index is 111. The molecule has 0 amide bonds. The molecule has 1 unspecified atom stereocenters. The highest BCUT2D eigenvalue weighted by Gasteiger charge is 2.20. The van der Waals surface area contributed by atoms with Crippen LogP contribution in [0.1, 0.15) is 27.2 Å². The van der Waals surface area contributed by atoms with Gasteiger partial charge in [0.15, 0.2) is 0 Å². The SMILES string of the molecule is CC(C)C1C=CC[C@H]1C. The van der Waals surface area contributed by atoms with Gasteiger partial charge in [-0.25, -0.2) is 0 Å². The lowest BCUT2D eigenvalue weighted by atomic mass is 9.88. The van der Waals surface area contributed by atoms with E-state index in [1.165, 1.54) is 6.42 Å². The van der Waals surface area contributed by atoms with Crippen LogP contribution in [0, 0.1) is 17.8 Å². The van der Waals surface area contributed by atoms with Crippen LogP contribution in [0.3, 0.4) is 0 Å². The van der Waals surface area contributed by atoms with Crippen molar-refractivity contribution in [3.05, 3.63) is 12.2 Å². The summed E-state index contributed by atoms with van der Waals surface area (Å²) in [5.41, 5.74) is 0. The quantitative estimate of drug-likeness (QED) is 0.471. The van der Waals surface area contributed by atoms with Crippen molar-refractivity contribution >= 4 is 0 Å². The fraction of sp³-hybridized carbons (Fsp3) is 0.778. The molecule has 0 heterocycles. The molecule has 0 nitrogen and oxygen atoms in total. The standard InChI is InChI=1S/C9H16/c1-7(2)9-6-4-5-8(9)3/h4,6-9H,5H2,1-3H3/t8-,9?/m1/s1. The molecule has 1 aliphatic carbocycles. The van der Waals surface area contributed by atoms with Crippen LogP contribution < -0.4 is 0 Å². The van der Waals surface area contributed by atoms with Crippen molar-refractivity contribution in [2.45, 2.75) is 27.2 Å². The molecule has 0 fully saturated rings. The smallest absolute Gasteiger partial charge is 0.0182 e. The fourth-order valence-corrected chi connectivity index (χ4v) is 1.68. The van der Waals surface area contributed by atoms with Gasteiger partial charge in [-0.2, -0.15) is 0 Å². The number of hydrogen-bond acceptors (Lipinski definition) is 0. The first-order valence-electron chi connectivity index (χ1n) is 3.88. The van der Waals surface area contributed by atoms with Gasteiger partial charge in [0.25, 0.3) is 0 Å². The van der Waals surface area contributed by atoms with Gasteiger partial charge in [0.2, 0.25) is 0 Å². The van der Waals surface area contributed by atoms with Crippen LogP contribution in [-0.4, -0.2) is 0 Å². The fourth-order valence-electron chi connectivity index (χ4n) is 1.68. The van der Waals surface area contributed by atoms with Gasteiger partial charge in [-0.15, -0.1) is 0 Å². The second-order valence-corrected chi connectivity index (χ2v) is 3.46. The van der Waals surface area contributed by atoms with E-state index in [1.807, 2.05) is 0 Å². The summed E-state index contributed by atoms with van der Waals surface area (Å²) in [6.07, 6.45) is 5.98. The summed E-state index contributed by atoms with van der Waals surface area (Å²) in [7, 11) is 0. The summed E-state index contributed by atoms with van der Waals surface area (Å²) in [4.78, 5) is 0. The van der Waals surface area contributed by atoms with Gasteiger partial charge in [0.1, 0.15) is 0 Å². The molecule has 0 aromatic rings. The molecule has 2 atom stereocenters. The second-order valence-electron chi connectivity index (χ2n) is 3.46. The Morgan fingerprint density at radius 2 is 2.11 bits per heavy atom. The Labute approximate surface area is 58.0 Å². The maximum atomic E-state index is 2.37. The second kappa shape index (κ2) is 2.55. The monoisotopic (exact) mass is 124 g/mol. The number of rotatable bonds is 1. The predicted octanol–water partition coefficient (Wildman–Crippen LogP) is 2.85. The highest BCUT2D eigenvalue weighted by atomic mass is 14.3. The van der Waals surface area contributed by atoms with Crippen molar-refractivity contribution < 1.29 is 0 Å². The van der Waals surface area contributed by atoms with Gasteiger partial charge in [0.05, 0.1) is 0 Å². The van der Waals surface area contributed by atoms with E-state index in [4.69, 9.17) is 0 Å². The molecule has 0 spiro atoms. The summed E-state index contributed by atoms with van der Waals surface area (Å²) in [5, 5.41) is 0. The van der Waals surface area contributed by atoms with Crippen LogP contribution >= 0.6 is 0 Å². The molecule has 0 radical (unpaired) electrons. The zero-order valence-corrected chi connectivity index (χ0v) is 6.59. The van der Waals surface area contributed by atoms with Crippen molar-refractivity contribution in [2.75, 3.05) is 0 Å². The van der Waals surface area contributed by atoms with Gasteiger partial charge in [-0.1, -0.05) is 32.9 Å². The van der Waals surface area contributed by atoms with E-state index in [2.05, 4.69) is 32.9 Å². The molecule has 0 bridgehead atoms. The van der Waals surface area contributed by atoms with Crippen LogP contribution in [0.15, 0.2) is 12.2 Å². The van der Waals surface area contributed by atoms with Crippen LogP contribution in [0.2, 0.25) is 0 Å². The van der Waals surface area contributed by atoms with Gasteiger partial charge < -0.3 is 0 Å². The van der Waals surface area contributed by atoms with E-state index < -0.39 is 0 Å². The summed E-state index contributed by atoms with van der Waals surface area (Å²) >= 11 is 0. The zero-order valence-electron chi connectivity index (χ0n) is 6.59. The third-order valence-corrected chi connectivity index (χ3v) is 2.29. The maximum absolute atomic E-state index is 2.37. The first-order valence-corrected chi connectivity index (χ1v) is 3.88. The Balaban J connectivity index is 2.49. The first-order chi connectivity index (χ1) is 4.22. The van der Waals surface area contributed by atoms with Gasteiger partial charge in [-0.05, 0) is 24.2 Å². The molecule has 0 aliphatic heterocycles. The van der Waals surface area contributed by atoms with Crippen molar-refractivity contribution in [3.8, 4) is 0 Å². The average molecular weight is 124 g/mol. The van der Waals surface area contributed by atoms with Crippen LogP contribution in [0.4, 0.5) is 0 Å². The molecular formula is C9H16. The Morgan fingerprint density at radius 1 is 1.44 bits per heavy atom. The van der Waals surface area contributed by atoms with Crippen molar-refractivity contribution in [2.24, 2.45) is 17.8 Å². The Morgan fingerprint density at radius 3 is 2.33 bits per heavy atom.